The van der Waals surface area contributed by atoms with Gasteiger partial charge in [-0.2, -0.15) is 0 Å². The van der Waals surface area contributed by atoms with E-state index in [1.54, 1.807) is 0 Å². The van der Waals surface area contributed by atoms with Crippen molar-refractivity contribution in [2.24, 2.45) is 0 Å². The molecular weight excluding hydrogens is 300 g/mol. The maximum Gasteiger partial charge on any atom is 0.307 e. The van der Waals surface area contributed by atoms with Crippen molar-refractivity contribution < 1.29 is 14.6 Å². The molecule has 0 bridgehead atoms. The molecule has 0 saturated heterocycles. The molecule has 0 saturated carbocycles. The van der Waals surface area contributed by atoms with E-state index in [2.05, 4.69) is 0 Å². The van der Waals surface area contributed by atoms with Crippen molar-refractivity contribution >= 4 is 5.97 Å². The smallest absolute Gasteiger partial charge is 0.307 e. The van der Waals surface area contributed by atoms with Gasteiger partial charge in [0.15, 0.2) is 0 Å². The Morgan fingerprint density at radius 2 is 1.33 bits per heavy atom. The van der Waals surface area contributed by atoms with Gasteiger partial charge in [-0.3, -0.25) is 4.79 Å². The van der Waals surface area contributed by atoms with Crippen molar-refractivity contribution in [2.45, 2.75) is 13.0 Å². The van der Waals surface area contributed by atoms with E-state index < -0.39 is 5.97 Å². The van der Waals surface area contributed by atoms with E-state index in [1.807, 2.05) is 78.9 Å². The molecule has 0 aliphatic heterocycles. The minimum absolute atomic E-state index is 0.0482. The Kier molecular flexibility index (Phi) is 4.92. The summed E-state index contributed by atoms with van der Waals surface area (Å²) in [5.74, 6) is 0.00719. The van der Waals surface area contributed by atoms with Crippen LogP contribution in [-0.2, 0) is 17.8 Å². The van der Waals surface area contributed by atoms with Gasteiger partial charge in [-0.15, -0.1) is 0 Å². The monoisotopic (exact) mass is 318 g/mol. The van der Waals surface area contributed by atoms with E-state index in [4.69, 9.17) is 9.84 Å². The van der Waals surface area contributed by atoms with Gasteiger partial charge in [0, 0.05) is 0 Å². The second kappa shape index (κ2) is 7.47. The summed E-state index contributed by atoms with van der Waals surface area (Å²) in [6, 6.07) is 25.5. The Morgan fingerprint density at radius 1 is 0.750 bits per heavy atom. The maximum atomic E-state index is 10.7. The zero-order valence-electron chi connectivity index (χ0n) is 13.2. The van der Waals surface area contributed by atoms with Crippen LogP contribution in [0.25, 0.3) is 11.1 Å². The van der Waals surface area contributed by atoms with E-state index in [-0.39, 0.29) is 6.42 Å². The number of rotatable bonds is 6. The Bertz CT molecular complexity index is 791. The van der Waals surface area contributed by atoms with Crippen LogP contribution in [0.3, 0.4) is 0 Å². The third kappa shape index (κ3) is 4.23. The first-order chi connectivity index (χ1) is 11.7. The summed E-state index contributed by atoms with van der Waals surface area (Å²) in [5, 5.41) is 8.80. The molecule has 0 atom stereocenters. The Hall–Kier alpha value is -3.07. The summed E-state index contributed by atoms with van der Waals surface area (Å²) in [6.45, 7) is 0.546. The fourth-order valence-electron chi connectivity index (χ4n) is 2.47. The van der Waals surface area contributed by atoms with Crippen LogP contribution < -0.4 is 4.74 Å². The van der Waals surface area contributed by atoms with Gasteiger partial charge >= 0.3 is 5.97 Å². The molecule has 0 aromatic heterocycles. The second-order valence-corrected chi connectivity index (χ2v) is 5.57. The largest absolute Gasteiger partial charge is 0.489 e. The second-order valence-electron chi connectivity index (χ2n) is 5.57. The van der Waals surface area contributed by atoms with E-state index in [0.29, 0.717) is 6.61 Å². The van der Waals surface area contributed by atoms with Gasteiger partial charge in [0.2, 0.25) is 0 Å². The van der Waals surface area contributed by atoms with Crippen molar-refractivity contribution in [1.29, 1.82) is 0 Å². The number of hydrogen-bond donors (Lipinski definition) is 1. The highest BCUT2D eigenvalue weighted by atomic mass is 16.5. The molecule has 3 nitrogen and oxygen atoms in total. The molecule has 0 radical (unpaired) electrons. The Morgan fingerprint density at radius 3 is 1.92 bits per heavy atom. The average molecular weight is 318 g/mol. The standard InChI is InChI=1S/C21H18O3/c22-21(23)14-16-6-8-18(9-7-16)19-10-12-20(13-11-19)24-15-17-4-2-1-3-5-17/h1-13H,14-15H2,(H,22,23). The van der Waals surface area contributed by atoms with Gasteiger partial charge in [-0.05, 0) is 34.4 Å². The van der Waals surface area contributed by atoms with E-state index in [9.17, 15) is 4.79 Å². The van der Waals surface area contributed by atoms with Crippen molar-refractivity contribution in [2.75, 3.05) is 0 Å². The summed E-state index contributed by atoms with van der Waals surface area (Å²) in [4.78, 5) is 10.7. The first kappa shape index (κ1) is 15.8. The summed E-state index contributed by atoms with van der Waals surface area (Å²) < 4.78 is 5.78. The topological polar surface area (TPSA) is 46.5 Å². The van der Waals surface area contributed by atoms with Crippen LogP contribution in [0.2, 0.25) is 0 Å². The lowest BCUT2D eigenvalue weighted by Gasteiger charge is -2.08. The van der Waals surface area contributed by atoms with E-state index in [1.165, 1.54) is 0 Å². The molecule has 3 aromatic rings. The lowest BCUT2D eigenvalue weighted by atomic mass is 10.0. The van der Waals surface area contributed by atoms with Gasteiger partial charge in [0.1, 0.15) is 12.4 Å². The van der Waals surface area contributed by atoms with Gasteiger partial charge in [0.05, 0.1) is 6.42 Å². The number of carboxylic acid groups (broad SMARTS) is 1. The van der Waals surface area contributed by atoms with Gasteiger partial charge in [0.25, 0.3) is 0 Å². The molecule has 0 aliphatic carbocycles. The summed E-state index contributed by atoms with van der Waals surface area (Å²) in [5.41, 5.74) is 4.06. The fourth-order valence-corrected chi connectivity index (χ4v) is 2.47. The van der Waals surface area contributed by atoms with E-state index in [0.717, 1.165) is 28.0 Å². The van der Waals surface area contributed by atoms with Crippen LogP contribution in [0, 0.1) is 0 Å². The third-order valence-corrected chi connectivity index (χ3v) is 3.75. The van der Waals surface area contributed by atoms with Crippen molar-refractivity contribution in [3.63, 3.8) is 0 Å². The fraction of sp³-hybridized carbons (Fsp3) is 0.0952. The van der Waals surface area contributed by atoms with Crippen molar-refractivity contribution in [3.05, 3.63) is 90.0 Å². The molecule has 3 rings (SSSR count). The molecular formula is C21H18O3. The van der Waals surface area contributed by atoms with E-state index >= 15 is 0 Å². The molecule has 0 unspecified atom stereocenters. The zero-order chi connectivity index (χ0) is 16.8. The first-order valence-corrected chi connectivity index (χ1v) is 7.78. The van der Waals surface area contributed by atoms with Crippen LogP contribution in [0.4, 0.5) is 0 Å². The molecule has 3 heteroatoms. The van der Waals surface area contributed by atoms with Crippen LogP contribution >= 0.6 is 0 Å². The highest BCUT2D eigenvalue weighted by Gasteiger charge is 2.03. The SMILES string of the molecule is O=C(O)Cc1ccc(-c2ccc(OCc3ccccc3)cc2)cc1. The number of ether oxygens (including phenoxy) is 1. The molecule has 0 amide bonds. The number of hydrogen-bond acceptors (Lipinski definition) is 2. The highest BCUT2D eigenvalue weighted by Crippen LogP contribution is 2.23. The molecule has 0 spiro atoms. The first-order valence-electron chi connectivity index (χ1n) is 7.78. The summed E-state index contributed by atoms with van der Waals surface area (Å²) in [6.07, 6.45) is 0.0482. The summed E-state index contributed by atoms with van der Waals surface area (Å²) >= 11 is 0. The number of aliphatic carboxylic acids is 1. The highest BCUT2D eigenvalue weighted by molar-refractivity contribution is 5.71. The quantitative estimate of drug-likeness (QED) is 0.725. The van der Waals surface area contributed by atoms with Crippen LogP contribution in [0.15, 0.2) is 78.9 Å². The summed E-state index contributed by atoms with van der Waals surface area (Å²) in [7, 11) is 0. The van der Waals surface area contributed by atoms with Gasteiger partial charge in [-0.1, -0.05) is 66.7 Å². The normalized spacial score (nSPS) is 10.3. The molecule has 120 valence electrons. The Balaban J connectivity index is 1.64. The average Bonchev–Trinajstić information content (AvgIpc) is 2.62. The molecule has 24 heavy (non-hydrogen) atoms. The molecule has 1 N–H and O–H groups in total. The number of carbonyl (C=O) groups is 1. The molecule has 0 fully saturated rings. The van der Waals surface area contributed by atoms with Crippen LogP contribution in [0.1, 0.15) is 11.1 Å². The van der Waals surface area contributed by atoms with Gasteiger partial charge < -0.3 is 9.84 Å². The number of benzene rings is 3. The number of carboxylic acids is 1. The van der Waals surface area contributed by atoms with Crippen molar-refractivity contribution in [1.82, 2.24) is 0 Å². The minimum Gasteiger partial charge on any atom is -0.489 e. The minimum atomic E-state index is -0.817. The zero-order valence-corrected chi connectivity index (χ0v) is 13.2. The maximum absolute atomic E-state index is 10.7. The van der Waals surface area contributed by atoms with Crippen LogP contribution in [-0.4, -0.2) is 11.1 Å². The van der Waals surface area contributed by atoms with Crippen LogP contribution in [0.5, 0.6) is 5.75 Å². The molecule has 0 heterocycles. The molecule has 3 aromatic carbocycles. The lowest BCUT2D eigenvalue weighted by Crippen LogP contribution is -1.99. The van der Waals surface area contributed by atoms with Crippen molar-refractivity contribution in [3.8, 4) is 16.9 Å². The predicted octanol–water partition coefficient (Wildman–Crippen LogP) is 4.56. The third-order valence-electron chi connectivity index (χ3n) is 3.75. The lowest BCUT2D eigenvalue weighted by molar-refractivity contribution is -0.136. The molecule has 0 aliphatic rings. The van der Waals surface area contributed by atoms with Gasteiger partial charge in [-0.25, -0.2) is 0 Å². The Labute approximate surface area is 141 Å². The predicted molar refractivity (Wildman–Crippen MR) is 94.0 cm³/mol.